The van der Waals surface area contributed by atoms with Crippen molar-refractivity contribution in [3.05, 3.63) is 42.7 Å². The molecule has 1 aliphatic heterocycles. The number of nitrogens with one attached hydrogen (secondary N) is 2. The van der Waals surface area contributed by atoms with E-state index in [9.17, 15) is 9.59 Å². The van der Waals surface area contributed by atoms with E-state index in [0.29, 0.717) is 29.6 Å². The predicted octanol–water partition coefficient (Wildman–Crippen LogP) is 2.07. The molecule has 0 aliphatic carbocycles. The van der Waals surface area contributed by atoms with Crippen LogP contribution in [0.4, 0.5) is 11.4 Å². The maximum Gasteiger partial charge on any atom is 0.313 e. The van der Waals surface area contributed by atoms with E-state index in [0.717, 1.165) is 31.6 Å². The summed E-state index contributed by atoms with van der Waals surface area (Å²) in [6, 6.07) is 8.99. The Labute approximate surface area is 170 Å². The molecule has 1 fully saturated rings. The molecule has 1 aromatic heterocycles. The van der Waals surface area contributed by atoms with E-state index < -0.39 is 11.8 Å². The molecule has 1 saturated heterocycles. The number of benzene rings is 1. The highest BCUT2D eigenvalue weighted by molar-refractivity contribution is 6.39. The number of carbonyl (C=O) groups excluding carboxylic acids is 2. The van der Waals surface area contributed by atoms with E-state index in [1.54, 1.807) is 30.6 Å². The molecular formula is C21H26N4O4. The molecule has 0 spiro atoms. The average molecular weight is 398 g/mol. The number of pyridine rings is 1. The van der Waals surface area contributed by atoms with Crippen LogP contribution in [0.1, 0.15) is 12.8 Å². The molecule has 2 aromatic rings. The molecule has 0 unspecified atom stereocenters. The van der Waals surface area contributed by atoms with Crippen LogP contribution in [0.3, 0.4) is 0 Å². The SMILES string of the molecule is COc1ccc(OC)c(NC(=O)C(=O)NCC2CCN(c3ccncc3)CC2)c1. The molecule has 29 heavy (non-hydrogen) atoms. The van der Waals surface area contributed by atoms with Gasteiger partial charge in [0.05, 0.1) is 19.9 Å². The zero-order valence-electron chi connectivity index (χ0n) is 16.7. The third kappa shape index (κ3) is 5.37. The van der Waals surface area contributed by atoms with Crippen LogP contribution in [0.5, 0.6) is 11.5 Å². The van der Waals surface area contributed by atoms with E-state index >= 15 is 0 Å². The van der Waals surface area contributed by atoms with Crippen LogP contribution < -0.4 is 25.0 Å². The monoisotopic (exact) mass is 398 g/mol. The van der Waals surface area contributed by atoms with Crippen LogP contribution in [-0.4, -0.2) is 50.7 Å². The topological polar surface area (TPSA) is 92.8 Å². The van der Waals surface area contributed by atoms with Gasteiger partial charge in [0.15, 0.2) is 0 Å². The van der Waals surface area contributed by atoms with E-state index in [1.807, 2.05) is 12.1 Å². The Morgan fingerprint density at radius 1 is 1.07 bits per heavy atom. The van der Waals surface area contributed by atoms with Gasteiger partial charge in [-0.25, -0.2) is 0 Å². The second-order valence-corrected chi connectivity index (χ2v) is 6.87. The fraction of sp³-hybridized carbons (Fsp3) is 0.381. The summed E-state index contributed by atoms with van der Waals surface area (Å²) < 4.78 is 10.4. The van der Waals surface area contributed by atoms with Gasteiger partial charge >= 0.3 is 11.8 Å². The van der Waals surface area contributed by atoms with E-state index in [-0.39, 0.29) is 0 Å². The van der Waals surface area contributed by atoms with Gasteiger partial charge in [0.25, 0.3) is 0 Å². The van der Waals surface area contributed by atoms with E-state index in [2.05, 4.69) is 20.5 Å². The minimum Gasteiger partial charge on any atom is -0.497 e. The zero-order valence-corrected chi connectivity index (χ0v) is 16.7. The van der Waals surface area contributed by atoms with Crippen LogP contribution >= 0.6 is 0 Å². The average Bonchev–Trinajstić information content (AvgIpc) is 2.78. The Kier molecular flexibility index (Phi) is 6.89. The third-order valence-electron chi connectivity index (χ3n) is 5.05. The van der Waals surface area contributed by atoms with Crippen molar-refractivity contribution >= 4 is 23.2 Å². The molecule has 2 N–H and O–H groups in total. The van der Waals surface area contributed by atoms with Crippen LogP contribution in [-0.2, 0) is 9.59 Å². The normalized spacial score (nSPS) is 14.2. The van der Waals surface area contributed by atoms with Crippen LogP contribution in [0.25, 0.3) is 0 Å². The molecule has 0 atom stereocenters. The number of hydrogen-bond acceptors (Lipinski definition) is 6. The van der Waals surface area contributed by atoms with Crippen molar-refractivity contribution in [2.24, 2.45) is 5.92 Å². The number of aromatic nitrogens is 1. The number of ether oxygens (including phenoxy) is 2. The summed E-state index contributed by atoms with van der Waals surface area (Å²) in [6.45, 7) is 2.31. The Balaban J connectivity index is 1.47. The lowest BCUT2D eigenvalue weighted by Gasteiger charge is -2.33. The quantitative estimate of drug-likeness (QED) is 0.724. The lowest BCUT2D eigenvalue weighted by atomic mass is 9.96. The number of amides is 2. The molecule has 1 aromatic carbocycles. The molecule has 8 nitrogen and oxygen atoms in total. The number of carbonyl (C=O) groups is 2. The van der Waals surface area contributed by atoms with Crippen LogP contribution in [0.15, 0.2) is 42.7 Å². The fourth-order valence-corrected chi connectivity index (χ4v) is 3.36. The molecule has 8 heteroatoms. The number of rotatable bonds is 6. The summed E-state index contributed by atoms with van der Waals surface area (Å²) in [5.74, 6) is -0.0358. The largest absolute Gasteiger partial charge is 0.497 e. The maximum atomic E-state index is 12.3. The van der Waals surface area contributed by atoms with E-state index in [4.69, 9.17) is 9.47 Å². The fourth-order valence-electron chi connectivity index (χ4n) is 3.36. The minimum atomic E-state index is -0.731. The summed E-state index contributed by atoms with van der Waals surface area (Å²) in [5.41, 5.74) is 1.55. The molecular weight excluding hydrogens is 372 g/mol. The molecule has 0 bridgehead atoms. The first kappa shape index (κ1) is 20.4. The molecule has 3 rings (SSSR count). The van der Waals surface area contributed by atoms with Crippen molar-refractivity contribution < 1.29 is 19.1 Å². The van der Waals surface area contributed by atoms with Gasteiger partial charge in [-0.3, -0.25) is 14.6 Å². The smallest absolute Gasteiger partial charge is 0.313 e. The second kappa shape index (κ2) is 9.77. The van der Waals surface area contributed by atoms with Crippen LogP contribution in [0, 0.1) is 5.92 Å². The minimum absolute atomic E-state index is 0.344. The standard InChI is InChI=1S/C21H26N4O4/c1-28-17-3-4-19(29-2)18(13-17)24-21(27)20(26)23-14-15-7-11-25(12-8-15)16-5-9-22-10-6-16/h3-6,9-10,13,15H,7-8,11-12,14H2,1-2H3,(H,23,26)(H,24,27). The van der Waals surface area contributed by atoms with Gasteiger partial charge in [-0.05, 0) is 43.0 Å². The van der Waals surface area contributed by atoms with Crippen molar-refractivity contribution in [2.75, 3.05) is 44.1 Å². The summed E-state index contributed by atoms with van der Waals surface area (Å²) in [7, 11) is 3.02. The second-order valence-electron chi connectivity index (χ2n) is 6.87. The first-order valence-electron chi connectivity index (χ1n) is 9.57. The Hall–Kier alpha value is -3.29. The van der Waals surface area contributed by atoms with Gasteiger partial charge < -0.3 is 25.0 Å². The lowest BCUT2D eigenvalue weighted by molar-refractivity contribution is -0.136. The van der Waals surface area contributed by atoms with Gasteiger partial charge in [-0.1, -0.05) is 0 Å². The van der Waals surface area contributed by atoms with Crippen molar-refractivity contribution in [3.63, 3.8) is 0 Å². The highest BCUT2D eigenvalue weighted by atomic mass is 16.5. The first-order chi connectivity index (χ1) is 14.1. The van der Waals surface area contributed by atoms with E-state index in [1.165, 1.54) is 14.2 Å². The number of anilines is 2. The third-order valence-corrected chi connectivity index (χ3v) is 5.05. The molecule has 154 valence electrons. The number of methoxy groups -OCH3 is 2. The Morgan fingerprint density at radius 3 is 2.45 bits per heavy atom. The van der Waals surface area contributed by atoms with Crippen molar-refractivity contribution in [2.45, 2.75) is 12.8 Å². The maximum absolute atomic E-state index is 12.3. The number of hydrogen-bond donors (Lipinski definition) is 2. The summed E-state index contributed by atoms with van der Waals surface area (Å²) >= 11 is 0. The van der Waals surface area contributed by atoms with Crippen molar-refractivity contribution in [3.8, 4) is 11.5 Å². The molecule has 0 saturated carbocycles. The Morgan fingerprint density at radius 2 is 1.79 bits per heavy atom. The van der Waals surface area contributed by atoms with Gasteiger partial charge in [0.1, 0.15) is 11.5 Å². The molecule has 2 amide bonds. The summed E-state index contributed by atoms with van der Waals surface area (Å²) in [5, 5.41) is 5.32. The lowest BCUT2D eigenvalue weighted by Crippen LogP contribution is -2.41. The van der Waals surface area contributed by atoms with Crippen molar-refractivity contribution in [1.82, 2.24) is 10.3 Å². The number of nitrogens with zero attached hydrogens (tertiary/aromatic N) is 2. The number of piperidine rings is 1. The summed E-state index contributed by atoms with van der Waals surface area (Å²) in [6.07, 6.45) is 5.48. The highest BCUT2D eigenvalue weighted by Crippen LogP contribution is 2.28. The molecule has 1 aliphatic rings. The van der Waals surface area contributed by atoms with Gasteiger partial charge in [-0.15, -0.1) is 0 Å². The summed E-state index contributed by atoms with van der Waals surface area (Å²) in [4.78, 5) is 30.8. The van der Waals surface area contributed by atoms with Gasteiger partial charge in [0, 0.05) is 43.8 Å². The molecule has 2 heterocycles. The first-order valence-corrected chi connectivity index (χ1v) is 9.57. The Bertz CT molecular complexity index is 836. The van der Waals surface area contributed by atoms with Gasteiger partial charge in [0.2, 0.25) is 0 Å². The van der Waals surface area contributed by atoms with Crippen LogP contribution in [0.2, 0.25) is 0 Å². The highest BCUT2D eigenvalue weighted by Gasteiger charge is 2.22. The molecule has 0 radical (unpaired) electrons. The van der Waals surface area contributed by atoms with Gasteiger partial charge in [-0.2, -0.15) is 0 Å². The zero-order chi connectivity index (χ0) is 20.6. The predicted molar refractivity (Wildman–Crippen MR) is 110 cm³/mol. The van der Waals surface area contributed by atoms with Crippen molar-refractivity contribution in [1.29, 1.82) is 0 Å².